The van der Waals surface area contributed by atoms with Crippen LogP contribution >= 0.6 is 0 Å². The first-order valence-corrected chi connectivity index (χ1v) is 3.95. The molecular formula is C10H11O3. The number of carboxylic acids is 1. The number of benzene rings is 1. The molecule has 0 aliphatic rings. The Kier molecular flexibility index (Phi) is 3.31. The molecular weight excluding hydrogens is 168 g/mol. The largest absolute Gasteiger partial charge is 0.490 e. The molecule has 13 heavy (non-hydrogen) atoms. The predicted octanol–water partition coefficient (Wildman–Crippen LogP) is 1.87. The molecule has 0 unspecified atom stereocenters. The van der Waals surface area contributed by atoms with Crippen LogP contribution in [0.1, 0.15) is 12.0 Å². The second-order valence-corrected chi connectivity index (χ2v) is 2.68. The van der Waals surface area contributed by atoms with E-state index in [1.807, 2.05) is 12.1 Å². The summed E-state index contributed by atoms with van der Waals surface area (Å²) in [6.45, 7) is 0. The van der Waals surface area contributed by atoms with E-state index >= 15 is 0 Å². The molecule has 1 N–H and O–H groups in total. The molecule has 0 fully saturated rings. The number of carboxylic acid groups (broad SMARTS) is 1. The van der Waals surface area contributed by atoms with Crippen LogP contribution in [0.5, 0.6) is 5.75 Å². The van der Waals surface area contributed by atoms with Gasteiger partial charge in [-0.15, -0.1) is 0 Å². The number of aliphatic carboxylic acids is 1. The van der Waals surface area contributed by atoms with E-state index < -0.39 is 5.97 Å². The summed E-state index contributed by atoms with van der Waals surface area (Å²) in [5.41, 5.74) is 0.989. The van der Waals surface area contributed by atoms with Crippen molar-refractivity contribution in [3.05, 3.63) is 36.9 Å². The minimum Gasteiger partial charge on any atom is -0.490 e. The van der Waals surface area contributed by atoms with Crippen molar-refractivity contribution >= 4 is 5.97 Å². The van der Waals surface area contributed by atoms with Crippen molar-refractivity contribution in [1.82, 2.24) is 0 Å². The number of carbonyl (C=O) groups is 1. The average molecular weight is 179 g/mol. The first-order valence-electron chi connectivity index (χ1n) is 3.95. The molecule has 0 aliphatic heterocycles. The van der Waals surface area contributed by atoms with Crippen molar-refractivity contribution in [1.29, 1.82) is 0 Å². The molecule has 1 aromatic rings. The second-order valence-electron chi connectivity index (χ2n) is 2.68. The Hall–Kier alpha value is -1.51. The maximum absolute atomic E-state index is 10.3. The highest BCUT2D eigenvalue weighted by molar-refractivity contribution is 5.67. The highest BCUT2D eigenvalue weighted by atomic mass is 16.5. The predicted molar refractivity (Wildman–Crippen MR) is 48.4 cm³/mol. The number of hydrogen-bond acceptors (Lipinski definition) is 2. The topological polar surface area (TPSA) is 46.5 Å². The quantitative estimate of drug-likeness (QED) is 0.767. The molecule has 3 nitrogen and oxygen atoms in total. The van der Waals surface area contributed by atoms with Crippen molar-refractivity contribution in [2.75, 3.05) is 0 Å². The van der Waals surface area contributed by atoms with Crippen molar-refractivity contribution < 1.29 is 14.6 Å². The number of rotatable bonds is 4. The van der Waals surface area contributed by atoms with Crippen LogP contribution in [0.15, 0.2) is 24.3 Å². The van der Waals surface area contributed by atoms with Gasteiger partial charge < -0.3 is 9.84 Å². The summed E-state index contributed by atoms with van der Waals surface area (Å²) in [5.74, 6) is -0.100. The minimum atomic E-state index is -0.780. The molecule has 0 saturated carbocycles. The van der Waals surface area contributed by atoms with Gasteiger partial charge in [0.05, 0.1) is 0 Å². The summed E-state index contributed by atoms with van der Waals surface area (Å²) in [6, 6.07) is 7.21. The fourth-order valence-corrected chi connectivity index (χ4v) is 1.00. The van der Waals surface area contributed by atoms with Gasteiger partial charge in [-0.3, -0.25) is 4.79 Å². The Morgan fingerprint density at radius 3 is 2.46 bits per heavy atom. The van der Waals surface area contributed by atoms with Crippen LogP contribution in [0.25, 0.3) is 0 Å². The van der Waals surface area contributed by atoms with Crippen LogP contribution in [0.3, 0.4) is 0 Å². The first kappa shape index (κ1) is 9.58. The van der Waals surface area contributed by atoms with E-state index in [1.54, 1.807) is 12.1 Å². The Labute approximate surface area is 77.0 Å². The van der Waals surface area contributed by atoms with Gasteiger partial charge >= 0.3 is 5.97 Å². The zero-order valence-electron chi connectivity index (χ0n) is 7.19. The number of aryl methyl sites for hydroxylation is 1. The maximum Gasteiger partial charge on any atom is 0.303 e. The SMILES string of the molecule is [CH2]Oc1ccc(CCC(=O)O)cc1. The van der Waals surface area contributed by atoms with Gasteiger partial charge in [0.2, 0.25) is 0 Å². The van der Waals surface area contributed by atoms with Crippen LogP contribution in [0, 0.1) is 7.11 Å². The third-order valence-electron chi connectivity index (χ3n) is 1.72. The molecule has 0 atom stereocenters. The van der Waals surface area contributed by atoms with E-state index in [0.29, 0.717) is 12.2 Å². The van der Waals surface area contributed by atoms with Gasteiger partial charge in [0.25, 0.3) is 0 Å². The summed E-state index contributed by atoms with van der Waals surface area (Å²) in [4.78, 5) is 10.3. The van der Waals surface area contributed by atoms with Crippen LogP contribution in [0.2, 0.25) is 0 Å². The molecule has 0 saturated heterocycles. The fourth-order valence-electron chi connectivity index (χ4n) is 1.00. The van der Waals surface area contributed by atoms with Gasteiger partial charge in [-0.05, 0) is 24.1 Å². The molecule has 0 aliphatic carbocycles. The lowest BCUT2D eigenvalue weighted by atomic mass is 10.1. The molecule has 0 spiro atoms. The van der Waals surface area contributed by atoms with Crippen LogP contribution in [-0.2, 0) is 11.2 Å². The summed E-state index contributed by atoms with van der Waals surface area (Å²) in [5, 5.41) is 8.44. The van der Waals surface area contributed by atoms with Crippen LogP contribution in [0.4, 0.5) is 0 Å². The highest BCUT2D eigenvalue weighted by Gasteiger charge is 1.98. The normalized spacial score (nSPS) is 9.62. The monoisotopic (exact) mass is 179 g/mol. The van der Waals surface area contributed by atoms with E-state index in [4.69, 9.17) is 9.84 Å². The lowest BCUT2D eigenvalue weighted by Crippen LogP contribution is -1.97. The van der Waals surface area contributed by atoms with Crippen molar-refractivity contribution in [3.63, 3.8) is 0 Å². The van der Waals surface area contributed by atoms with E-state index in [1.165, 1.54) is 0 Å². The summed E-state index contributed by atoms with van der Waals surface area (Å²) < 4.78 is 4.73. The van der Waals surface area contributed by atoms with Crippen molar-refractivity contribution in [3.8, 4) is 5.75 Å². The van der Waals surface area contributed by atoms with Crippen molar-refractivity contribution in [2.24, 2.45) is 0 Å². The summed E-state index contributed by atoms with van der Waals surface area (Å²) in [7, 11) is 3.27. The zero-order valence-corrected chi connectivity index (χ0v) is 7.19. The standard InChI is InChI=1S/C10H11O3/c1-13-9-5-2-8(3-6-9)4-7-10(11)12/h2-3,5-6H,1,4,7H2,(H,11,12). The Balaban J connectivity index is 2.54. The van der Waals surface area contributed by atoms with Gasteiger partial charge in [-0.25, -0.2) is 0 Å². The molecule has 1 rings (SSSR count). The maximum atomic E-state index is 10.3. The Morgan fingerprint density at radius 1 is 1.38 bits per heavy atom. The minimum absolute atomic E-state index is 0.157. The third kappa shape index (κ3) is 3.15. The Morgan fingerprint density at radius 2 is 2.00 bits per heavy atom. The lowest BCUT2D eigenvalue weighted by Gasteiger charge is -2.00. The Bertz CT molecular complexity index is 277. The van der Waals surface area contributed by atoms with Gasteiger partial charge in [0, 0.05) is 6.42 Å². The molecule has 0 bridgehead atoms. The summed E-state index contributed by atoms with van der Waals surface area (Å²) >= 11 is 0. The van der Waals surface area contributed by atoms with E-state index in [2.05, 4.69) is 7.11 Å². The van der Waals surface area contributed by atoms with E-state index in [9.17, 15) is 4.79 Å². The van der Waals surface area contributed by atoms with Gasteiger partial charge in [-0.2, -0.15) is 0 Å². The lowest BCUT2D eigenvalue weighted by molar-refractivity contribution is -0.136. The first-order chi connectivity index (χ1) is 6.22. The molecule has 0 amide bonds. The second kappa shape index (κ2) is 4.50. The number of ether oxygens (including phenoxy) is 1. The van der Waals surface area contributed by atoms with Crippen molar-refractivity contribution in [2.45, 2.75) is 12.8 Å². The van der Waals surface area contributed by atoms with Gasteiger partial charge in [0.15, 0.2) is 0 Å². The highest BCUT2D eigenvalue weighted by Crippen LogP contribution is 2.12. The average Bonchev–Trinajstić information content (AvgIpc) is 2.15. The van der Waals surface area contributed by atoms with E-state index in [-0.39, 0.29) is 6.42 Å². The number of hydrogen-bond donors (Lipinski definition) is 1. The van der Waals surface area contributed by atoms with Gasteiger partial charge in [-0.1, -0.05) is 12.1 Å². The molecule has 1 radical (unpaired) electrons. The molecule has 1 aromatic carbocycles. The molecule has 69 valence electrons. The molecule has 0 heterocycles. The van der Waals surface area contributed by atoms with E-state index in [0.717, 1.165) is 5.56 Å². The third-order valence-corrected chi connectivity index (χ3v) is 1.72. The van der Waals surface area contributed by atoms with Gasteiger partial charge in [0.1, 0.15) is 12.9 Å². The fraction of sp³-hybridized carbons (Fsp3) is 0.200. The molecule has 0 aromatic heterocycles. The smallest absolute Gasteiger partial charge is 0.303 e. The zero-order chi connectivity index (χ0) is 9.68. The van der Waals surface area contributed by atoms with Crippen LogP contribution in [-0.4, -0.2) is 11.1 Å². The molecule has 3 heteroatoms. The summed E-state index contributed by atoms with van der Waals surface area (Å²) in [6.07, 6.45) is 0.706. The van der Waals surface area contributed by atoms with Crippen LogP contribution < -0.4 is 4.74 Å².